The normalized spacial score (nSPS) is 20.7. The van der Waals surface area contributed by atoms with Crippen molar-refractivity contribution in [2.24, 2.45) is 10.9 Å². The Labute approximate surface area is 163 Å². The van der Waals surface area contributed by atoms with E-state index in [1.807, 2.05) is 12.5 Å². The third kappa shape index (κ3) is 4.90. The Bertz CT molecular complexity index is 750. The Balaban J connectivity index is 1.67. The lowest BCUT2D eigenvalue weighted by molar-refractivity contribution is 0.189. The summed E-state index contributed by atoms with van der Waals surface area (Å²) in [7, 11) is 0. The molecule has 0 radical (unpaired) electrons. The van der Waals surface area contributed by atoms with Crippen molar-refractivity contribution in [3.63, 3.8) is 0 Å². The Hall–Kier alpha value is -2.30. The standard InChI is InChI=1S/C22H33N5/c1-5-24-22(25-10-8-20-7-6-17(2)14-19(20)4)26-12-9-18(3)21(15-26)27-13-11-23-16-27/h6-7,11,13-14,16,18,21H,5,8-10,12,15H2,1-4H3,(H,24,25). The molecular weight excluding hydrogens is 334 g/mol. The molecule has 2 atom stereocenters. The molecular formula is C22H33N5. The van der Waals surface area contributed by atoms with Crippen LogP contribution in [-0.4, -0.2) is 46.6 Å². The number of guanidine groups is 1. The summed E-state index contributed by atoms with van der Waals surface area (Å²) in [4.78, 5) is 11.6. The predicted octanol–water partition coefficient (Wildman–Crippen LogP) is 3.59. The average molecular weight is 368 g/mol. The molecule has 27 heavy (non-hydrogen) atoms. The van der Waals surface area contributed by atoms with E-state index >= 15 is 0 Å². The highest BCUT2D eigenvalue weighted by Gasteiger charge is 2.28. The van der Waals surface area contributed by atoms with Gasteiger partial charge in [0.15, 0.2) is 5.96 Å². The molecule has 1 N–H and O–H groups in total. The van der Waals surface area contributed by atoms with E-state index in [9.17, 15) is 0 Å². The Morgan fingerprint density at radius 1 is 1.33 bits per heavy atom. The minimum absolute atomic E-state index is 0.449. The molecule has 1 aliphatic rings. The van der Waals surface area contributed by atoms with Crippen LogP contribution in [0, 0.1) is 19.8 Å². The number of aliphatic imine (C=N–C) groups is 1. The molecule has 1 aliphatic heterocycles. The highest BCUT2D eigenvalue weighted by molar-refractivity contribution is 5.80. The first-order valence-corrected chi connectivity index (χ1v) is 10.1. The number of benzene rings is 1. The summed E-state index contributed by atoms with van der Waals surface area (Å²) in [5, 5.41) is 3.49. The molecule has 5 heteroatoms. The first kappa shape index (κ1) is 19.5. The van der Waals surface area contributed by atoms with Crippen molar-refractivity contribution < 1.29 is 0 Å². The fourth-order valence-electron chi connectivity index (χ4n) is 3.93. The molecule has 2 unspecified atom stereocenters. The van der Waals surface area contributed by atoms with Crippen LogP contribution in [0.25, 0.3) is 0 Å². The van der Waals surface area contributed by atoms with Gasteiger partial charge in [-0.3, -0.25) is 4.99 Å². The number of rotatable bonds is 5. The Morgan fingerprint density at radius 3 is 2.89 bits per heavy atom. The molecule has 1 saturated heterocycles. The number of nitrogens with zero attached hydrogens (tertiary/aromatic N) is 4. The van der Waals surface area contributed by atoms with Crippen molar-refractivity contribution in [1.82, 2.24) is 19.8 Å². The number of aryl methyl sites for hydroxylation is 2. The maximum Gasteiger partial charge on any atom is 0.193 e. The molecule has 2 heterocycles. The number of likely N-dealkylation sites (tertiary alicyclic amines) is 1. The third-order valence-corrected chi connectivity index (χ3v) is 5.60. The number of imidazole rings is 1. The summed E-state index contributed by atoms with van der Waals surface area (Å²) in [6.07, 6.45) is 8.04. The van der Waals surface area contributed by atoms with Crippen LogP contribution in [0.1, 0.15) is 43.0 Å². The maximum atomic E-state index is 4.94. The monoisotopic (exact) mass is 367 g/mol. The topological polar surface area (TPSA) is 45.5 Å². The van der Waals surface area contributed by atoms with E-state index < -0.39 is 0 Å². The van der Waals surface area contributed by atoms with Gasteiger partial charge in [0.25, 0.3) is 0 Å². The van der Waals surface area contributed by atoms with E-state index in [1.54, 1.807) is 0 Å². The largest absolute Gasteiger partial charge is 0.357 e. The molecule has 0 saturated carbocycles. The number of piperidine rings is 1. The summed E-state index contributed by atoms with van der Waals surface area (Å²) in [6, 6.07) is 7.14. The van der Waals surface area contributed by atoms with Gasteiger partial charge in [0.05, 0.1) is 12.4 Å². The van der Waals surface area contributed by atoms with E-state index in [0.29, 0.717) is 12.0 Å². The maximum absolute atomic E-state index is 4.94. The van der Waals surface area contributed by atoms with Crippen LogP contribution in [0.3, 0.4) is 0 Å². The van der Waals surface area contributed by atoms with Gasteiger partial charge in [-0.1, -0.05) is 30.7 Å². The molecule has 1 aromatic heterocycles. The van der Waals surface area contributed by atoms with Crippen molar-refractivity contribution in [2.75, 3.05) is 26.2 Å². The van der Waals surface area contributed by atoms with Gasteiger partial charge in [0.2, 0.25) is 0 Å². The molecule has 0 spiro atoms. The van der Waals surface area contributed by atoms with E-state index in [-0.39, 0.29) is 0 Å². The smallest absolute Gasteiger partial charge is 0.193 e. The predicted molar refractivity (Wildman–Crippen MR) is 112 cm³/mol. The first-order valence-electron chi connectivity index (χ1n) is 10.1. The average Bonchev–Trinajstić information content (AvgIpc) is 3.18. The fraction of sp³-hybridized carbons (Fsp3) is 0.545. The van der Waals surface area contributed by atoms with Gasteiger partial charge in [-0.05, 0) is 50.7 Å². The summed E-state index contributed by atoms with van der Waals surface area (Å²) >= 11 is 0. The molecule has 146 valence electrons. The second-order valence-corrected chi connectivity index (χ2v) is 7.70. The van der Waals surface area contributed by atoms with E-state index in [0.717, 1.165) is 38.6 Å². The first-order chi connectivity index (χ1) is 13.1. The second-order valence-electron chi connectivity index (χ2n) is 7.70. The molecule has 0 bridgehead atoms. The number of hydrogen-bond donors (Lipinski definition) is 1. The minimum Gasteiger partial charge on any atom is -0.357 e. The zero-order valence-electron chi connectivity index (χ0n) is 17.2. The minimum atomic E-state index is 0.449. The van der Waals surface area contributed by atoms with E-state index in [2.05, 4.69) is 71.9 Å². The van der Waals surface area contributed by atoms with Crippen molar-refractivity contribution in [2.45, 2.75) is 46.6 Å². The van der Waals surface area contributed by atoms with Crippen LogP contribution < -0.4 is 5.32 Å². The summed E-state index contributed by atoms with van der Waals surface area (Å²) in [5.74, 6) is 1.69. The van der Waals surface area contributed by atoms with Gasteiger partial charge in [-0.15, -0.1) is 0 Å². The van der Waals surface area contributed by atoms with Crippen LogP contribution >= 0.6 is 0 Å². The third-order valence-electron chi connectivity index (χ3n) is 5.60. The number of aromatic nitrogens is 2. The quantitative estimate of drug-likeness (QED) is 0.649. The van der Waals surface area contributed by atoms with Crippen LogP contribution in [-0.2, 0) is 6.42 Å². The molecule has 0 aliphatic carbocycles. The summed E-state index contributed by atoms with van der Waals surface area (Å²) < 4.78 is 2.25. The molecule has 0 amide bonds. The van der Waals surface area contributed by atoms with E-state index in [4.69, 9.17) is 4.99 Å². The lowest BCUT2D eigenvalue weighted by atomic mass is 9.93. The summed E-state index contributed by atoms with van der Waals surface area (Å²) in [5.41, 5.74) is 4.08. The molecule has 2 aromatic rings. The zero-order chi connectivity index (χ0) is 19.2. The molecule has 1 aromatic carbocycles. The molecule has 3 rings (SSSR count). The van der Waals surface area contributed by atoms with Crippen LogP contribution in [0.15, 0.2) is 41.9 Å². The number of nitrogens with one attached hydrogen (secondary N) is 1. The van der Waals surface area contributed by atoms with Gasteiger partial charge < -0.3 is 14.8 Å². The number of hydrogen-bond acceptors (Lipinski definition) is 2. The lowest BCUT2D eigenvalue weighted by Gasteiger charge is -2.39. The van der Waals surface area contributed by atoms with Crippen LogP contribution in [0.2, 0.25) is 0 Å². The lowest BCUT2D eigenvalue weighted by Crippen LogP contribution is -2.49. The van der Waals surface area contributed by atoms with Crippen molar-refractivity contribution in [3.8, 4) is 0 Å². The highest BCUT2D eigenvalue weighted by atomic mass is 15.3. The van der Waals surface area contributed by atoms with Gasteiger partial charge in [-0.2, -0.15) is 0 Å². The SMILES string of the molecule is CCNC(=NCCc1ccc(C)cc1C)N1CCC(C)C(n2ccnc2)C1. The van der Waals surface area contributed by atoms with Crippen LogP contribution in [0.4, 0.5) is 0 Å². The van der Waals surface area contributed by atoms with Crippen LogP contribution in [0.5, 0.6) is 0 Å². The van der Waals surface area contributed by atoms with Gasteiger partial charge in [-0.25, -0.2) is 4.98 Å². The highest BCUT2D eigenvalue weighted by Crippen LogP contribution is 2.27. The van der Waals surface area contributed by atoms with E-state index in [1.165, 1.54) is 23.1 Å². The summed E-state index contributed by atoms with van der Waals surface area (Å²) in [6.45, 7) is 12.6. The van der Waals surface area contributed by atoms with Crippen molar-refractivity contribution in [3.05, 3.63) is 53.6 Å². The van der Waals surface area contributed by atoms with Crippen molar-refractivity contribution >= 4 is 5.96 Å². The van der Waals surface area contributed by atoms with Gasteiger partial charge in [0.1, 0.15) is 0 Å². The Morgan fingerprint density at radius 2 is 2.19 bits per heavy atom. The molecule has 1 fully saturated rings. The second kappa shape index (κ2) is 9.07. The zero-order valence-corrected chi connectivity index (χ0v) is 17.2. The van der Waals surface area contributed by atoms with Gasteiger partial charge >= 0.3 is 0 Å². The molecule has 5 nitrogen and oxygen atoms in total. The fourth-order valence-corrected chi connectivity index (χ4v) is 3.93. The van der Waals surface area contributed by atoms with Gasteiger partial charge in [0, 0.05) is 38.6 Å². The van der Waals surface area contributed by atoms with Crippen molar-refractivity contribution in [1.29, 1.82) is 0 Å². The Kier molecular flexibility index (Phi) is 6.54.